The van der Waals surface area contributed by atoms with Crippen molar-refractivity contribution in [3.63, 3.8) is 0 Å². The first-order valence-corrected chi connectivity index (χ1v) is 7.93. The fourth-order valence-electron chi connectivity index (χ4n) is 3.97. The van der Waals surface area contributed by atoms with Crippen molar-refractivity contribution in [2.45, 2.75) is 38.6 Å². The van der Waals surface area contributed by atoms with Crippen LogP contribution in [0, 0.1) is 23.6 Å². The van der Waals surface area contributed by atoms with Gasteiger partial charge in [-0.3, -0.25) is 0 Å². The van der Waals surface area contributed by atoms with Gasteiger partial charge in [0.05, 0.1) is 5.69 Å². The van der Waals surface area contributed by atoms with Crippen molar-refractivity contribution in [2.75, 3.05) is 5.32 Å². The molecule has 114 valence electrons. The highest BCUT2D eigenvalue weighted by Crippen LogP contribution is 2.49. The number of hydrogen-bond acceptors (Lipinski definition) is 1. The van der Waals surface area contributed by atoms with Crippen LogP contribution in [-0.4, -0.2) is 12.1 Å². The minimum Gasteiger partial charge on any atom is -0.335 e. The number of fused-ring (bicyclic) bond motifs is 2. The van der Waals surface area contributed by atoms with Crippen LogP contribution in [0.15, 0.2) is 18.2 Å². The lowest BCUT2D eigenvalue weighted by Gasteiger charge is -2.28. The molecule has 3 rings (SSSR count). The van der Waals surface area contributed by atoms with Gasteiger partial charge < -0.3 is 10.6 Å². The highest BCUT2D eigenvalue weighted by molar-refractivity contribution is 6.30. The van der Waals surface area contributed by atoms with Crippen LogP contribution in [-0.2, 0) is 0 Å². The number of carbonyl (C=O) groups is 1. The van der Waals surface area contributed by atoms with E-state index in [0.717, 1.165) is 11.8 Å². The van der Waals surface area contributed by atoms with Gasteiger partial charge in [-0.05, 0) is 62.1 Å². The monoisotopic (exact) mass is 310 g/mol. The Morgan fingerprint density at radius 1 is 1.38 bits per heavy atom. The van der Waals surface area contributed by atoms with Crippen molar-refractivity contribution in [2.24, 2.45) is 17.8 Å². The van der Waals surface area contributed by atoms with Crippen LogP contribution in [0.25, 0.3) is 0 Å². The molecule has 5 heteroatoms. The molecule has 2 amide bonds. The molecule has 2 fully saturated rings. The van der Waals surface area contributed by atoms with E-state index in [9.17, 15) is 9.18 Å². The van der Waals surface area contributed by atoms with Crippen molar-refractivity contribution < 1.29 is 9.18 Å². The number of benzene rings is 1. The first-order chi connectivity index (χ1) is 10.0. The molecule has 4 atom stereocenters. The van der Waals surface area contributed by atoms with E-state index < -0.39 is 5.82 Å². The molecule has 21 heavy (non-hydrogen) atoms. The Balaban J connectivity index is 1.56. The number of nitrogens with one attached hydrogen (secondary N) is 2. The summed E-state index contributed by atoms with van der Waals surface area (Å²) in [7, 11) is 0. The maximum Gasteiger partial charge on any atom is 0.319 e. The third kappa shape index (κ3) is 3.15. The van der Waals surface area contributed by atoms with Crippen molar-refractivity contribution in [3.05, 3.63) is 29.0 Å². The lowest BCUT2D eigenvalue weighted by atomic mass is 9.84. The molecule has 2 saturated carbocycles. The van der Waals surface area contributed by atoms with E-state index in [1.54, 1.807) is 6.07 Å². The lowest BCUT2D eigenvalue weighted by Crippen LogP contribution is -2.42. The topological polar surface area (TPSA) is 41.1 Å². The summed E-state index contributed by atoms with van der Waals surface area (Å²) < 4.78 is 13.6. The number of urea groups is 1. The average molecular weight is 311 g/mol. The van der Waals surface area contributed by atoms with E-state index in [2.05, 4.69) is 10.6 Å². The van der Waals surface area contributed by atoms with Crippen LogP contribution in [0.3, 0.4) is 0 Å². The summed E-state index contributed by atoms with van der Waals surface area (Å²) in [6.07, 6.45) is 5.15. The molecule has 0 aromatic heterocycles. The summed E-state index contributed by atoms with van der Waals surface area (Å²) in [5.74, 6) is 1.63. The first kappa shape index (κ1) is 14.6. The molecule has 0 unspecified atom stereocenters. The summed E-state index contributed by atoms with van der Waals surface area (Å²) in [5.41, 5.74) is 0.150. The molecular formula is C16H20ClFN2O. The predicted octanol–water partition coefficient (Wildman–Crippen LogP) is 4.43. The van der Waals surface area contributed by atoms with E-state index in [1.807, 2.05) is 6.92 Å². The van der Waals surface area contributed by atoms with Crippen LogP contribution < -0.4 is 10.6 Å². The van der Waals surface area contributed by atoms with Crippen molar-refractivity contribution in [1.82, 2.24) is 5.32 Å². The normalized spacial score (nSPS) is 28.4. The zero-order valence-corrected chi connectivity index (χ0v) is 12.8. The Hall–Kier alpha value is -1.29. The molecule has 2 N–H and O–H groups in total. The maximum atomic E-state index is 13.6. The fourth-order valence-corrected chi connectivity index (χ4v) is 4.13. The molecule has 0 radical (unpaired) electrons. The summed E-state index contributed by atoms with van der Waals surface area (Å²) in [4.78, 5) is 12.0. The van der Waals surface area contributed by atoms with Gasteiger partial charge in [0, 0.05) is 11.1 Å². The standard InChI is InChI=1S/C16H20ClFN2O/c1-9(13-7-10-2-3-11(13)6-10)19-16(21)20-15-5-4-12(17)8-14(15)18/h4-5,8-11,13H,2-3,6-7H2,1H3,(H2,19,20,21)/t9-,10-,11-,13+/m1/s1. The van der Waals surface area contributed by atoms with Gasteiger partial charge in [-0.15, -0.1) is 0 Å². The highest BCUT2D eigenvalue weighted by Gasteiger charge is 2.42. The zero-order chi connectivity index (χ0) is 15.0. The SMILES string of the molecule is C[C@@H](NC(=O)Nc1ccc(Cl)cc1F)[C@@H]1C[C@@H]2CC[C@@H]1C2. The zero-order valence-electron chi connectivity index (χ0n) is 12.0. The lowest BCUT2D eigenvalue weighted by molar-refractivity contribution is 0.230. The Morgan fingerprint density at radius 3 is 2.81 bits per heavy atom. The molecule has 1 aromatic rings. The highest BCUT2D eigenvalue weighted by atomic mass is 35.5. The van der Waals surface area contributed by atoms with Gasteiger partial charge in [0.1, 0.15) is 5.82 Å². The molecule has 0 heterocycles. The number of amides is 2. The van der Waals surface area contributed by atoms with E-state index in [1.165, 1.54) is 37.8 Å². The molecule has 2 aliphatic carbocycles. The number of rotatable bonds is 3. The molecule has 2 aliphatic rings. The second-order valence-corrected chi connectivity index (χ2v) is 6.79. The largest absolute Gasteiger partial charge is 0.335 e. The quantitative estimate of drug-likeness (QED) is 0.852. The van der Waals surface area contributed by atoms with Crippen LogP contribution in [0.4, 0.5) is 14.9 Å². The van der Waals surface area contributed by atoms with Gasteiger partial charge in [-0.1, -0.05) is 18.0 Å². The summed E-state index contributed by atoms with van der Waals surface area (Å²) in [6.45, 7) is 2.04. The number of carbonyl (C=O) groups excluding carboxylic acids is 1. The summed E-state index contributed by atoms with van der Waals surface area (Å²) in [6, 6.07) is 3.98. The second-order valence-electron chi connectivity index (χ2n) is 6.35. The van der Waals surface area contributed by atoms with E-state index in [-0.39, 0.29) is 17.8 Å². The van der Waals surface area contributed by atoms with Gasteiger partial charge in [0.2, 0.25) is 0 Å². The smallest absolute Gasteiger partial charge is 0.319 e. The molecule has 3 nitrogen and oxygen atoms in total. The molecule has 0 saturated heterocycles. The minimum atomic E-state index is -0.523. The molecular weight excluding hydrogens is 291 g/mol. The predicted molar refractivity (Wildman–Crippen MR) is 82.0 cm³/mol. The van der Waals surface area contributed by atoms with Gasteiger partial charge in [0.15, 0.2) is 0 Å². The molecule has 0 aliphatic heterocycles. The first-order valence-electron chi connectivity index (χ1n) is 7.55. The maximum absolute atomic E-state index is 13.6. The Morgan fingerprint density at radius 2 is 2.19 bits per heavy atom. The van der Waals surface area contributed by atoms with E-state index in [0.29, 0.717) is 10.9 Å². The second kappa shape index (κ2) is 5.84. The Labute approximate surface area is 129 Å². The molecule has 1 aromatic carbocycles. The third-order valence-electron chi connectivity index (χ3n) is 4.97. The Bertz CT molecular complexity index is 551. The summed E-state index contributed by atoms with van der Waals surface area (Å²) >= 11 is 5.69. The average Bonchev–Trinajstić information content (AvgIpc) is 3.04. The van der Waals surface area contributed by atoms with Crippen molar-refractivity contribution in [3.8, 4) is 0 Å². The van der Waals surface area contributed by atoms with Gasteiger partial charge in [0.25, 0.3) is 0 Å². The number of anilines is 1. The number of halogens is 2. The van der Waals surface area contributed by atoms with Crippen LogP contribution in [0.1, 0.15) is 32.6 Å². The van der Waals surface area contributed by atoms with Crippen LogP contribution in [0.5, 0.6) is 0 Å². The number of hydrogen-bond donors (Lipinski definition) is 2. The van der Waals surface area contributed by atoms with E-state index >= 15 is 0 Å². The van der Waals surface area contributed by atoms with Crippen LogP contribution in [0.2, 0.25) is 5.02 Å². The van der Waals surface area contributed by atoms with Gasteiger partial charge >= 0.3 is 6.03 Å². The van der Waals surface area contributed by atoms with Crippen LogP contribution >= 0.6 is 11.6 Å². The van der Waals surface area contributed by atoms with Gasteiger partial charge in [-0.2, -0.15) is 0 Å². The van der Waals surface area contributed by atoms with E-state index in [4.69, 9.17) is 11.6 Å². The van der Waals surface area contributed by atoms with Crippen molar-refractivity contribution in [1.29, 1.82) is 0 Å². The minimum absolute atomic E-state index is 0.121. The molecule has 0 spiro atoms. The molecule has 2 bridgehead atoms. The van der Waals surface area contributed by atoms with Crippen molar-refractivity contribution >= 4 is 23.3 Å². The third-order valence-corrected chi connectivity index (χ3v) is 5.21. The fraction of sp³-hybridized carbons (Fsp3) is 0.562. The Kier molecular flexibility index (Phi) is 4.07. The van der Waals surface area contributed by atoms with Gasteiger partial charge in [-0.25, -0.2) is 9.18 Å². The summed E-state index contributed by atoms with van der Waals surface area (Å²) in [5, 5.41) is 5.81.